The normalized spacial score (nSPS) is 27.6. The molecule has 2 aromatic carbocycles. The number of rotatable bonds is 7. The highest BCUT2D eigenvalue weighted by atomic mass is 16.5. The largest absolute Gasteiger partial charge is 0.383 e. The third kappa shape index (κ3) is 4.95. The number of methoxy groups -OCH3 is 1. The van der Waals surface area contributed by atoms with Gasteiger partial charge in [-0.1, -0.05) is 61.4 Å². The van der Waals surface area contributed by atoms with Crippen LogP contribution in [0.2, 0.25) is 0 Å². The average molecular weight is 464 g/mol. The Hall–Kier alpha value is -1.76. The summed E-state index contributed by atoms with van der Waals surface area (Å²) >= 11 is 0. The second-order valence-corrected chi connectivity index (χ2v) is 10.5. The molecule has 1 saturated carbocycles. The summed E-state index contributed by atoms with van der Waals surface area (Å²) < 4.78 is 5.67. The maximum Gasteiger partial charge on any atom is 0.163 e. The third-order valence-electron chi connectivity index (χ3n) is 8.39. The number of ether oxygens (including phenoxy) is 1. The molecule has 0 spiro atoms. The van der Waals surface area contributed by atoms with Crippen molar-refractivity contribution in [3.63, 3.8) is 0 Å². The van der Waals surface area contributed by atoms with Crippen molar-refractivity contribution in [2.24, 2.45) is 0 Å². The minimum Gasteiger partial charge on any atom is -0.383 e. The van der Waals surface area contributed by atoms with Gasteiger partial charge in [-0.05, 0) is 61.4 Å². The summed E-state index contributed by atoms with van der Waals surface area (Å²) in [5.74, 6) is 0.421. The second-order valence-electron chi connectivity index (χ2n) is 10.5. The summed E-state index contributed by atoms with van der Waals surface area (Å²) in [6, 6.07) is 19.1. The fourth-order valence-corrected chi connectivity index (χ4v) is 6.53. The van der Waals surface area contributed by atoms with E-state index in [9.17, 15) is 5.11 Å². The molecule has 5 nitrogen and oxygen atoms in total. The van der Waals surface area contributed by atoms with Crippen molar-refractivity contribution in [3.8, 4) is 11.1 Å². The third-order valence-corrected chi connectivity index (χ3v) is 8.39. The molecule has 3 fully saturated rings. The predicted molar refractivity (Wildman–Crippen MR) is 138 cm³/mol. The second kappa shape index (κ2) is 10.9. The van der Waals surface area contributed by atoms with Crippen LogP contribution in [0, 0.1) is 6.92 Å². The van der Waals surface area contributed by atoms with E-state index in [1.54, 1.807) is 0 Å². The van der Waals surface area contributed by atoms with Gasteiger partial charge < -0.3 is 9.84 Å². The Morgan fingerprint density at radius 2 is 1.74 bits per heavy atom. The number of aliphatic hydroxyl groups is 1. The van der Waals surface area contributed by atoms with Gasteiger partial charge in [-0.3, -0.25) is 15.1 Å². The summed E-state index contributed by atoms with van der Waals surface area (Å²) in [5.41, 5.74) is 5.27. The maximum atomic E-state index is 11.1. The van der Waals surface area contributed by atoms with Crippen LogP contribution in [0.25, 0.3) is 11.1 Å². The smallest absolute Gasteiger partial charge is 0.163 e. The Bertz CT molecular complexity index is 927. The lowest BCUT2D eigenvalue weighted by Gasteiger charge is -2.58. The van der Waals surface area contributed by atoms with E-state index in [1.807, 2.05) is 7.11 Å². The summed E-state index contributed by atoms with van der Waals surface area (Å²) in [5, 5.41) is 14.6. The van der Waals surface area contributed by atoms with E-state index in [2.05, 4.69) is 70.6 Å². The van der Waals surface area contributed by atoms with Crippen molar-refractivity contribution in [1.82, 2.24) is 15.1 Å². The quantitative estimate of drug-likeness (QED) is 0.598. The Balaban J connectivity index is 1.35. The molecule has 2 aliphatic heterocycles. The van der Waals surface area contributed by atoms with E-state index in [0.717, 1.165) is 32.7 Å². The Labute approximate surface area is 205 Å². The van der Waals surface area contributed by atoms with Gasteiger partial charge in [-0.2, -0.15) is 0 Å². The summed E-state index contributed by atoms with van der Waals surface area (Å²) in [7, 11) is 1.82. The van der Waals surface area contributed by atoms with Gasteiger partial charge in [0.05, 0.1) is 6.61 Å². The highest BCUT2D eigenvalue weighted by Crippen LogP contribution is 2.43. The summed E-state index contributed by atoms with van der Waals surface area (Å²) in [6.45, 7) is 5.90. The number of aryl methyl sites for hydroxylation is 1. The van der Waals surface area contributed by atoms with Crippen LogP contribution in [0.4, 0.5) is 0 Å². The van der Waals surface area contributed by atoms with Gasteiger partial charge in [0, 0.05) is 44.2 Å². The zero-order valence-corrected chi connectivity index (χ0v) is 20.8. The van der Waals surface area contributed by atoms with Crippen LogP contribution in [0.1, 0.15) is 55.6 Å². The highest BCUT2D eigenvalue weighted by Gasteiger charge is 2.49. The number of nitrogens with zero attached hydrogens (tertiary/aromatic N) is 2. The Morgan fingerprint density at radius 1 is 1.00 bits per heavy atom. The fraction of sp³-hybridized carbons (Fsp3) is 0.586. The molecule has 3 aliphatic rings. The lowest BCUT2D eigenvalue weighted by molar-refractivity contribution is -0.107. The van der Waals surface area contributed by atoms with Crippen LogP contribution in [-0.2, 0) is 4.74 Å². The molecular formula is C29H41N3O2. The fourth-order valence-electron chi connectivity index (χ4n) is 6.53. The van der Waals surface area contributed by atoms with Crippen LogP contribution in [-0.4, -0.2) is 72.7 Å². The number of benzene rings is 2. The first-order valence-electron chi connectivity index (χ1n) is 13.2. The topological polar surface area (TPSA) is 48.0 Å². The Morgan fingerprint density at radius 3 is 2.47 bits per heavy atom. The first-order chi connectivity index (χ1) is 16.7. The number of aliphatic hydroxyl groups excluding tert-OH is 1. The lowest BCUT2D eigenvalue weighted by atomic mass is 9.74. The predicted octanol–water partition coefficient (Wildman–Crippen LogP) is 4.35. The van der Waals surface area contributed by atoms with Crippen molar-refractivity contribution in [1.29, 1.82) is 0 Å². The molecule has 2 saturated heterocycles. The molecule has 0 bridgehead atoms. The molecule has 0 aromatic heterocycles. The zero-order chi connectivity index (χ0) is 23.5. The molecule has 2 N–H and O–H groups in total. The molecule has 0 radical (unpaired) electrons. The van der Waals surface area contributed by atoms with Crippen LogP contribution in [0.15, 0.2) is 48.5 Å². The first kappa shape index (κ1) is 24.0. The van der Waals surface area contributed by atoms with Gasteiger partial charge in [0.1, 0.15) is 0 Å². The number of nitrogens with one attached hydrogen (secondary N) is 1. The first-order valence-corrected chi connectivity index (χ1v) is 13.2. The van der Waals surface area contributed by atoms with E-state index < -0.39 is 6.35 Å². The molecule has 2 heterocycles. The van der Waals surface area contributed by atoms with E-state index >= 15 is 0 Å². The molecule has 1 unspecified atom stereocenters. The molecular weight excluding hydrogens is 422 g/mol. The van der Waals surface area contributed by atoms with Crippen LogP contribution in [0.5, 0.6) is 0 Å². The number of hydrogen-bond acceptors (Lipinski definition) is 5. The van der Waals surface area contributed by atoms with E-state index in [4.69, 9.17) is 4.74 Å². The molecule has 5 rings (SSSR count). The SMILES string of the molecule is COC[C@@H]1[C@H](c2ccc(-c3ccccc3C)cc2)[C@H]2CN(C(O)NC3CCCC3)CCCCN12. The highest BCUT2D eigenvalue weighted by molar-refractivity contribution is 5.67. The van der Waals surface area contributed by atoms with E-state index in [-0.39, 0.29) is 0 Å². The van der Waals surface area contributed by atoms with Crippen LogP contribution < -0.4 is 5.32 Å². The Kier molecular flexibility index (Phi) is 7.67. The van der Waals surface area contributed by atoms with Gasteiger partial charge in [0.15, 0.2) is 6.35 Å². The van der Waals surface area contributed by atoms with Crippen LogP contribution in [0.3, 0.4) is 0 Å². The maximum absolute atomic E-state index is 11.1. The molecule has 1 aliphatic carbocycles. The minimum absolute atomic E-state index is 0.402. The van der Waals surface area contributed by atoms with Crippen molar-refractivity contribution in [2.75, 3.05) is 33.4 Å². The van der Waals surface area contributed by atoms with Gasteiger partial charge in [-0.25, -0.2) is 0 Å². The minimum atomic E-state index is -0.548. The molecule has 2 aromatic rings. The van der Waals surface area contributed by atoms with E-state index in [0.29, 0.717) is 24.0 Å². The monoisotopic (exact) mass is 463 g/mol. The summed E-state index contributed by atoms with van der Waals surface area (Å²) in [4.78, 5) is 4.92. The van der Waals surface area contributed by atoms with Crippen molar-refractivity contribution in [2.45, 2.75) is 75.8 Å². The van der Waals surface area contributed by atoms with E-state index in [1.165, 1.54) is 54.4 Å². The molecule has 184 valence electrons. The number of fused-ring (bicyclic) bond motifs is 1. The van der Waals surface area contributed by atoms with Gasteiger partial charge in [-0.15, -0.1) is 0 Å². The van der Waals surface area contributed by atoms with Gasteiger partial charge in [0.2, 0.25) is 0 Å². The van der Waals surface area contributed by atoms with Crippen LogP contribution >= 0.6 is 0 Å². The molecule has 34 heavy (non-hydrogen) atoms. The molecule has 5 heteroatoms. The average Bonchev–Trinajstić information content (AvgIpc) is 3.34. The van der Waals surface area contributed by atoms with Gasteiger partial charge >= 0.3 is 0 Å². The molecule has 4 atom stereocenters. The van der Waals surface area contributed by atoms with Gasteiger partial charge in [0.25, 0.3) is 0 Å². The standard InChI is InChI=1S/C29H41N3O2/c1-21-9-3-6-12-25(21)22-13-15-23(16-14-22)28-26-19-31(29(33)30-24-10-4-5-11-24)17-7-8-18-32(26)27(28)20-34-2/h3,6,9,12-16,24,26-30,33H,4-5,7-8,10-11,17-20H2,1-2H3/t26-,27-,28-,29?/m1/s1. The zero-order valence-electron chi connectivity index (χ0n) is 20.8. The van der Waals surface area contributed by atoms with Crippen molar-refractivity contribution >= 4 is 0 Å². The number of hydrogen-bond donors (Lipinski definition) is 2. The molecule has 0 amide bonds. The van der Waals surface area contributed by atoms with Crippen molar-refractivity contribution in [3.05, 3.63) is 59.7 Å². The summed E-state index contributed by atoms with van der Waals surface area (Å²) in [6.07, 6.45) is 6.68. The lowest BCUT2D eigenvalue weighted by Crippen LogP contribution is -2.69. The van der Waals surface area contributed by atoms with Crippen molar-refractivity contribution < 1.29 is 9.84 Å².